The molecule has 1 aromatic heterocycles. The van der Waals surface area contributed by atoms with Crippen molar-refractivity contribution in [1.82, 2.24) is 15.5 Å². The van der Waals surface area contributed by atoms with Crippen LogP contribution in [0.25, 0.3) is 0 Å². The summed E-state index contributed by atoms with van der Waals surface area (Å²) in [5.41, 5.74) is 7.23. The Hall–Kier alpha value is -1.56. The molecule has 17 heavy (non-hydrogen) atoms. The number of aromatic nitrogens is 2. The van der Waals surface area contributed by atoms with Crippen LogP contribution in [-0.4, -0.2) is 33.9 Å². The normalized spacial score (nSPS) is 12.4. The molecule has 0 saturated carbocycles. The van der Waals surface area contributed by atoms with E-state index in [1.165, 1.54) is 0 Å². The summed E-state index contributed by atoms with van der Waals surface area (Å²) in [7, 11) is 0. The fourth-order valence-corrected chi connectivity index (χ4v) is 1.53. The molecule has 96 valence electrons. The second-order valence-electron chi connectivity index (χ2n) is 3.98. The number of hydrogen-bond acceptors (Lipinski definition) is 4. The fraction of sp³-hybridized carbons (Fsp3) is 0.636. The highest BCUT2D eigenvalue weighted by Gasteiger charge is 2.18. The maximum absolute atomic E-state index is 11.8. The highest BCUT2D eigenvalue weighted by atomic mass is 16.3. The van der Waals surface area contributed by atoms with E-state index in [1.54, 1.807) is 0 Å². The predicted molar refractivity (Wildman–Crippen MR) is 65.6 cm³/mol. The molecular weight excluding hydrogens is 220 g/mol. The summed E-state index contributed by atoms with van der Waals surface area (Å²) in [6.07, 6.45) is 2.36. The Kier molecular flexibility index (Phi) is 4.96. The standard InChI is InChI=1S/C11H20N4O2/c1-3-5-8-9(12)10(15-14-8)11(17)13-7(4-2)6-16/h7,16H,3-6,12H2,1-2H3,(H,13,17)(H,14,15). The fourth-order valence-electron chi connectivity index (χ4n) is 1.53. The molecule has 1 aromatic rings. The number of nitrogens with zero attached hydrogens (tertiary/aromatic N) is 1. The number of aromatic amines is 1. The number of H-pyrrole nitrogens is 1. The third-order valence-electron chi connectivity index (χ3n) is 2.65. The smallest absolute Gasteiger partial charge is 0.274 e. The van der Waals surface area contributed by atoms with Gasteiger partial charge in [-0.2, -0.15) is 5.10 Å². The molecule has 6 nitrogen and oxygen atoms in total. The maximum Gasteiger partial charge on any atom is 0.274 e. The van der Waals surface area contributed by atoms with Gasteiger partial charge >= 0.3 is 0 Å². The number of amides is 1. The number of aryl methyl sites for hydroxylation is 1. The summed E-state index contributed by atoms with van der Waals surface area (Å²) in [5, 5.41) is 18.4. The van der Waals surface area contributed by atoms with Gasteiger partial charge in [0.25, 0.3) is 5.91 Å². The van der Waals surface area contributed by atoms with Gasteiger partial charge in [-0.05, 0) is 12.8 Å². The molecule has 1 atom stereocenters. The minimum absolute atomic E-state index is 0.0889. The number of nitrogens with two attached hydrogens (primary N) is 1. The number of anilines is 1. The molecule has 1 heterocycles. The quantitative estimate of drug-likeness (QED) is 0.579. The molecule has 5 N–H and O–H groups in total. The summed E-state index contributed by atoms with van der Waals surface area (Å²) < 4.78 is 0. The van der Waals surface area contributed by atoms with Crippen LogP contribution in [0.15, 0.2) is 0 Å². The van der Waals surface area contributed by atoms with Crippen LogP contribution in [0.2, 0.25) is 0 Å². The van der Waals surface area contributed by atoms with Crippen LogP contribution in [0.5, 0.6) is 0 Å². The minimum atomic E-state index is -0.345. The van der Waals surface area contributed by atoms with Crippen molar-refractivity contribution in [3.8, 4) is 0 Å². The van der Waals surface area contributed by atoms with Crippen LogP contribution in [0.4, 0.5) is 5.69 Å². The molecule has 1 rings (SSSR count). The van der Waals surface area contributed by atoms with Crippen molar-refractivity contribution in [2.24, 2.45) is 0 Å². The van der Waals surface area contributed by atoms with E-state index in [0.717, 1.165) is 18.5 Å². The van der Waals surface area contributed by atoms with Crippen molar-refractivity contribution < 1.29 is 9.90 Å². The molecule has 0 aliphatic heterocycles. The lowest BCUT2D eigenvalue weighted by Gasteiger charge is -2.12. The summed E-state index contributed by atoms with van der Waals surface area (Å²) in [5.74, 6) is -0.345. The topological polar surface area (TPSA) is 104 Å². The number of aliphatic hydroxyl groups excluding tert-OH is 1. The van der Waals surface area contributed by atoms with E-state index in [1.807, 2.05) is 13.8 Å². The van der Waals surface area contributed by atoms with Gasteiger partial charge in [0.15, 0.2) is 5.69 Å². The van der Waals surface area contributed by atoms with E-state index >= 15 is 0 Å². The molecule has 1 unspecified atom stereocenters. The Morgan fingerprint density at radius 2 is 2.29 bits per heavy atom. The van der Waals surface area contributed by atoms with E-state index in [0.29, 0.717) is 12.1 Å². The number of aliphatic hydroxyl groups is 1. The molecule has 0 aliphatic carbocycles. The van der Waals surface area contributed by atoms with Crippen LogP contribution in [0, 0.1) is 0 Å². The van der Waals surface area contributed by atoms with Gasteiger partial charge < -0.3 is 16.2 Å². The van der Waals surface area contributed by atoms with Crippen LogP contribution >= 0.6 is 0 Å². The predicted octanol–water partition coefficient (Wildman–Crippen LogP) is 0.445. The zero-order valence-corrected chi connectivity index (χ0v) is 10.3. The van der Waals surface area contributed by atoms with E-state index in [-0.39, 0.29) is 24.2 Å². The molecule has 0 aromatic carbocycles. The number of nitrogen functional groups attached to an aromatic ring is 1. The first-order chi connectivity index (χ1) is 8.13. The van der Waals surface area contributed by atoms with Crippen molar-refractivity contribution in [3.05, 3.63) is 11.4 Å². The van der Waals surface area contributed by atoms with Gasteiger partial charge in [0.1, 0.15) is 0 Å². The molecule has 0 aliphatic rings. The number of carbonyl (C=O) groups is 1. The second-order valence-corrected chi connectivity index (χ2v) is 3.98. The Bertz CT molecular complexity index is 372. The third-order valence-corrected chi connectivity index (χ3v) is 2.65. The van der Waals surface area contributed by atoms with Crippen LogP contribution < -0.4 is 11.1 Å². The van der Waals surface area contributed by atoms with E-state index in [9.17, 15) is 4.79 Å². The third kappa shape index (κ3) is 3.20. The zero-order chi connectivity index (χ0) is 12.8. The molecule has 0 fully saturated rings. The van der Waals surface area contributed by atoms with Gasteiger partial charge in [-0.1, -0.05) is 20.3 Å². The highest BCUT2D eigenvalue weighted by molar-refractivity contribution is 5.97. The number of rotatable bonds is 6. The summed E-state index contributed by atoms with van der Waals surface area (Å²) in [4.78, 5) is 11.8. The van der Waals surface area contributed by atoms with Crippen LogP contribution in [0.3, 0.4) is 0 Å². The van der Waals surface area contributed by atoms with Gasteiger partial charge in [-0.15, -0.1) is 0 Å². The SMILES string of the molecule is CCCc1[nH]nc(C(=O)NC(CC)CO)c1N. The van der Waals surface area contributed by atoms with Crippen molar-refractivity contribution in [2.45, 2.75) is 39.2 Å². The first-order valence-corrected chi connectivity index (χ1v) is 5.88. The van der Waals surface area contributed by atoms with Gasteiger partial charge in [0.2, 0.25) is 0 Å². The number of carbonyl (C=O) groups excluding carboxylic acids is 1. The lowest BCUT2D eigenvalue weighted by atomic mass is 10.2. The lowest BCUT2D eigenvalue weighted by molar-refractivity contribution is 0.0910. The lowest BCUT2D eigenvalue weighted by Crippen LogP contribution is -2.37. The first kappa shape index (κ1) is 13.5. The molecule has 0 bridgehead atoms. The molecule has 0 spiro atoms. The average molecular weight is 240 g/mol. The van der Waals surface area contributed by atoms with Crippen LogP contribution in [0.1, 0.15) is 42.9 Å². The van der Waals surface area contributed by atoms with Crippen molar-refractivity contribution in [3.63, 3.8) is 0 Å². The minimum Gasteiger partial charge on any atom is -0.395 e. The average Bonchev–Trinajstić information content (AvgIpc) is 2.68. The molecule has 6 heteroatoms. The maximum atomic E-state index is 11.8. The van der Waals surface area contributed by atoms with Gasteiger partial charge in [-0.25, -0.2) is 0 Å². The largest absolute Gasteiger partial charge is 0.395 e. The zero-order valence-electron chi connectivity index (χ0n) is 10.3. The van der Waals surface area contributed by atoms with E-state index < -0.39 is 0 Å². The highest BCUT2D eigenvalue weighted by Crippen LogP contribution is 2.15. The van der Waals surface area contributed by atoms with Gasteiger partial charge in [-0.3, -0.25) is 9.89 Å². The Balaban J connectivity index is 2.75. The van der Waals surface area contributed by atoms with Crippen molar-refractivity contribution in [2.75, 3.05) is 12.3 Å². The number of hydrogen-bond donors (Lipinski definition) is 4. The van der Waals surface area contributed by atoms with E-state index in [4.69, 9.17) is 10.8 Å². The summed E-state index contributed by atoms with van der Waals surface area (Å²) >= 11 is 0. The molecule has 0 saturated heterocycles. The molecule has 0 radical (unpaired) electrons. The van der Waals surface area contributed by atoms with E-state index in [2.05, 4.69) is 15.5 Å². The van der Waals surface area contributed by atoms with Gasteiger partial charge in [0.05, 0.1) is 24.0 Å². The number of nitrogens with one attached hydrogen (secondary N) is 2. The Labute approximate surface area is 101 Å². The second kappa shape index (κ2) is 6.24. The summed E-state index contributed by atoms with van der Waals surface area (Å²) in [6.45, 7) is 3.82. The molecule has 1 amide bonds. The monoisotopic (exact) mass is 240 g/mol. The Morgan fingerprint density at radius 3 is 2.82 bits per heavy atom. The van der Waals surface area contributed by atoms with Gasteiger partial charge in [0, 0.05) is 0 Å². The molecular formula is C11H20N4O2. The van der Waals surface area contributed by atoms with Crippen molar-refractivity contribution >= 4 is 11.6 Å². The summed E-state index contributed by atoms with van der Waals surface area (Å²) in [6, 6.07) is -0.256. The first-order valence-electron chi connectivity index (χ1n) is 5.88. The van der Waals surface area contributed by atoms with Crippen molar-refractivity contribution in [1.29, 1.82) is 0 Å². The van der Waals surface area contributed by atoms with Crippen LogP contribution in [-0.2, 0) is 6.42 Å². The Morgan fingerprint density at radius 1 is 1.59 bits per heavy atom.